The van der Waals surface area contributed by atoms with E-state index in [1.54, 1.807) is 0 Å². The maximum atomic E-state index is 10.5. The number of piperidine rings is 1. The zero-order valence-corrected chi connectivity index (χ0v) is 12.8. The van der Waals surface area contributed by atoms with Crippen molar-refractivity contribution in [2.24, 2.45) is 0 Å². The number of aliphatic hydroxyl groups excluding tert-OH is 1. The Labute approximate surface area is 126 Å². The number of hydrogen-bond donors (Lipinski definition) is 1. The molecule has 0 bridgehead atoms. The highest BCUT2D eigenvalue weighted by Gasteiger charge is 2.23. The van der Waals surface area contributed by atoms with Crippen molar-refractivity contribution in [3.05, 3.63) is 23.8 Å². The van der Waals surface area contributed by atoms with Gasteiger partial charge >= 0.3 is 0 Å². The van der Waals surface area contributed by atoms with Crippen LogP contribution >= 0.6 is 0 Å². The molecule has 2 aliphatic rings. The lowest BCUT2D eigenvalue weighted by Gasteiger charge is -2.36. The lowest BCUT2D eigenvalue weighted by atomic mass is 10.0. The molecule has 5 nitrogen and oxygen atoms in total. The fourth-order valence-corrected chi connectivity index (χ4v) is 3.08. The number of ether oxygens (including phenoxy) is 2. The van der Waals surface area contributed by atoms with Crippen LogP contribution in [0.2, 0.25) is 0 Å². The predicted molar refractivity (Wildman–Crippen MR) is 80.7 cm³/mol. The molecule has 0 aliphatic carbocycles. The molecular weight excluding hydrogens is 268 g/mol. The van der Waals surface area contributed by atoms with Gasteiger partial charge in [0.25, 0.3) is 0 Å². The van der Waals surface area contributed by atoms with Gasteiger partial charge in [0.05, 0.1) is 6.10 Å². The maximum Gasteiger partial charge on any atom is 0.231 e. The zero-order valence-electron chi connectivity index (χ0n) is 12.8. The number of fused-ring (bicyclic) bond motifs is 1. The molecule has 2 aliphatic heterocycles. The first-order valence-electron chi connectivity index (χ1n) is 7.60. The Morgan fingerprint density at radius 1 is 1.29 bits per heavy atom. The van der Waals surface area contributed by atoms with Crippen molar-refractivity contribution in [3.8, 4) is 11.5 Å². The van der Waals surface area contributed by atoms with Crippen molar-refractivity contribution in [3.63, 3.8) is 0 Å². The number of likely N-dealkylation sites (tertiary alicyclic amines) is 1. The number of benzene rings is 1. The van der Waals surface area contributed by atoms with Crippen molar-refractivity contribution in [2.75, 3.05) is 40.5 Å². The number of rotatable bonds is 4. The Morgan fingerprint density at radius 2 is 2.00 bits per heavy atom. The SMILES string of the molecule is CN1CCC(N(C)CC(O)c2ccc3c(c2)OCO3)CC1. The molecule has 1 saturated heterocycles. The summed E-state index contributed by atoms with van der Waals surface area (Å²) in [4.78, 5) is 4.64. The molecular formula is C16H24N2O3. The maximum absolute atomic E-state index is 10.5. The van der Waals surface area contributed by atoms with E-state index in [1.165, 1.54) is 12.8 Å². The van der Waals surface area contributed by atoms with E-state index in [-0.39, 0.29) is 6.79 Å². The molecule has 1 aromatic rings. The average molecular weight is 292 g/mol. The normalized spacial score (nSPS) is 21.0. The minimum Gasteiger partial charge on any atom is -0.454 e. The molecule has 0 amide bonds. The molecule has 0 spiro atoms. The van der Waals surface area contributed by atoms with Crippen molar-refractivity contribution >= 4 is 0 Å². The van der Waals surface area contributed by atoms with Gasteiger partial charge in [-0.1, -0.05) is 6.07 Å². The number of likely N-dealkylation sites (N-methyl/N-ethyl adjacent to an activating group) is 1. The summed E-state index contributed by atoms with van der Waals surface area (Å²) >= 11 is 0. The summed E-state index contributed by atoms with van der Waals surface area (Å²) in [5.41, 5.74) is 0.888. The van der Waals surface area contributed by atoms with Gasteiger partial charge in [-0.05, 0) is 57.7 Å². The van der Waals surface area contributed by atoms with Gasteiger partial charge in [0.2, 0.25) is 6.79 Å². The summed E-state index contributed by atoms with van der Waals surface area (Å²) in [5, 5.41) is 10.5. The molecule has 1 aromatic carbocycles. The second-order valence-corrected chi connectivity index (χ2v) is 6.10. The Bertz CT molecular complexity index is 486. The van der Waals surface area contributed by atoms with Crippen molar-refractivity contribution in [2.45, 2.75) is 25.0 Å². The van der Waals surface area contributed by atoms with Crippen molar-refractivity contribution in [1.82, 2.24) is 9.80 Å². The van der Waals surface area contributed by atoms with E-state index in [0.29, 0.717) is 12.6 Å². The van der Waals surface area contributed by atoms with Crippen LogP contribution in [0.1, 0.15) is 24.5 Å². The first-order valence-corrected chi connectivity index (χ1v) is 7.60. The summed E-state index contributed by atoms with van der Waals surface area (Å²) in [7, 11) is 4.27. The van der Waals surface area contributed by atoms with Gasteiger partial charge in [-0.2, -0.15) is 0 Å². The summed E-state index contributed by atoms with van der Waals surface area (Å²) in [6, 6.07) is 6.23. The van der Waals surface area contributed by atoms with Crippen LogP contribution in [0.3, 0.4) is 0 Å². The lowest BCUT2D eigenvalue weighted by molar-refractivity contribution is 0.0787. The number of aliphatic hydroxyl groups is 1. The molecule has 0 radical (unpaired) electrons. The first kappa shape index (κ1) is 14.6. The molecule has 2 heterocycles. The third-order valence-corrected chi connectivity index (χ3v) is 4.55. The standard InChI is InChI=1S/C16H24N2O3/c1-17-7-5-13(6-8-17)18(2)10-14(19)12-3-4-15-16(9-12)21-11-20-15/h3-4,9,13-14,19H,5-8,10-11H2,1-2H3. The molecule has 1 fully saturated rings. The van der Waals surface area contributed by atoms with E-state index in [9.17, 15) is 5.11 Å². The van der Waals surface area contributed by atoms with Crippen LogP contribution in [-0.4, -0.2) is 61.5 Å². The Balaban J connectivity index is 1.59. The first-order chi connectivity index (χ1) is 10.1. The highest BCUT2D eigenvalue weighted by Crippen LogP contribution is 2.34. The molecule has 0 aromatic heterocycles. The highest BCUT2D eigenvalue weighted by atomic mass is 16.7. The van der Waals surface area contributed by atoms with E-state index in [0.717, 1.165) is 30.2 Å². The van der Waals surface area contributed by atoms with E-state index < -0.39 is 6.10 Å². The monoisotopic (exact) mass is 292 g/mol. The van der Waals surface area contributed by atoms with Crippen LogP contribution in [0.15, 0.2) is 18.2 Å². The highest BCUT2D eigenvalue weighted by molar-refractivity contribution is 5.45. The number of hydrogen-bond acceptors (Lipinski definition) is 5. The Kier molecular flexibility index (Phi) is 4.33. The summed E-state index contributed by atoms with van der Waals surface area (Å²) in [5.74, 6) is 1.49. The molecule has 3 rings (SSSR count). The van der Waals surface area contributed by atoms with Crippen LogP contribution in [0, 0.1) is 0 Å². The minimum atomic E-state index is -0.496. The van der Waals surface area contributed by atoms with E-state index >= 15 is 0 Å². The molecule has 1 atom stereocenters. The summed E-state index contributed by atoms with van der Waals surface area (Å²) in [6.07, 6.45) is 1.84. The number of nitrogens with zero attached hydrogens (tertiary/aromatic N) is 2. The van der Waals surface area contributed by atoms with E-state index in [4.69, 9.17) is 9.47 Å². The van der Waals surface area contributed by atoms with Crippen LogP contribution in [0.5, 0.6) is 11.5 Å². The van der Waals surface area contributed by atoms with Crippen LogP contribution < -0.4 is 9.47 Å². The van der Waals surface area contributed by atoms with Crippen LogP contribution in [0.4, 0.5) is 0 Å². The van der Waals surface area contributed by atoms with Crippen LogP contribution in [0.25, 0.3) is 0 Å². The van der Waals surface area contributed by atoms with Crippen molar-refractivity contribution in [1.29, 1.82) is 0 Å². The summed E-state index contributed by atoms with van der Waals surface area (Å²) in [6.45, 7) is 3.18. The molecule has 5 heteroatoms. The largest absolute Gasteiger partial charge is 0.454 e. The van der Waals surface area contributed by atoms with Gasteiger partial charge in [0.15, 0.2) is 11.5 Å². The van der Waals surface area contributed by atoms with Crippen molar-refractivity contribution < 1.29 is 14.6 Å². The Hall–Kier alpha value is -1.30. The second-order valence-electron chi connectivity index (χ2n) is 6.10. The predicted octanol–water partition coefficient (Wildman–Crippen LogP) is 1.47. The van der Waals surface area contributed by atoms with Gasteiger partial charge in [-0.15, -0.1) is 0 Å². The topological polar surface area (TPSA) is 45.2 Å². The van der Waals surface area contributed by atoms with Gasteiger partial charge in [0, 0.05) is 12.6 Å². The van der Waals surface area contributed by atoms with E-state index in [2.05, 4.69) is 23.9 Å². The molecule has 21 heavy (non-hydrogen) atoms. The fraction of sp³-hybridized carbons (Fsp3) is 0.625. The third-order valence-electron chi connectivity index (χ3n) is 4.55. The van der Waals surface area contributed by atoms with Gasteiger partial charge in [0.1, 0.15) is 0 Å². The minimum absolute atomic E-state index is 0.268. The van der Waals surface area contributed by atoms with Gasteiger partial charge in [-0.3, -0.25) is 0 Å². The smallest absolute Gasteiger partial charge is 0.231 e. The van der Waals surface area contributed by atoms with Crippen LogP contribution in [-0.2, 0) is 0 Å². The van der Waals surface area contributed by atoms with Gasteiger partial charge in [-0.25, -0.2) is 0 Å². The molecule has 1 N–H and O–H groups in total. The molecule has 0 saturated carbocycles. The van der Waals surface area contributed by atoms with E-state index in [1.807, 2.05) is 18.2 Å². The third kappa shape index (κ3) is 3.31. The average Bonchev–Trinajstić information content (AvgIpc) is 2.95. The second kappa shape index (κ2) is 6.22. The Morgan fingerprint density at radius 3 is 2.76 bits per heavy atom. The summed E-state index contributed by atoms with van der Waals surface area (Å²) < 4.78 is 10.7. The lowest BCUT2D eigenvalue weighted by Crippen LogP contribution is -2.43. The van der Waals surface area contributed by atoms with Gasteiger partial charge < -0.3 is 24.4 Å². The molecule has 1 unspecified atom stereocenters. The zero-order chi connectivity index (χ0) is 14.8. The quantitative estimate of drug-likeness (QED) is 0.910. The fourth-order valence-electron chi connectivity index (χ4n) is 3.08. The molecule has 116 valence electrons.